The van der Waals surface area contributed by atoms with E-state index in [4.69, 9.17) is 0 Å². The Balaban J connectivity index is 1.83. The third-order valence-electron chi connectivity index (χ3n) is 4.76. The fraction of sp³-hybridized carbons (Fsp3) is 1.00. The smallest absolute Gasteiger partial charge is 0.0100 e. The SMILES string of the molecule is CCN(CC1CCCNC1)C1CCC(C)(C)C1. The molecule has 1 saturated carbocycles. The second-order valence-electron chi connectivity index (χ2n) is 6.86. The number of nitrogens with one attached hydrogen (secondary N) is 1. The van der Waals surface area contributed by atoms with E-state index in [1.165, 1.54) is 58.3 Å². The van der Waals surface area contributed by atoms with Crippen LogP contribution < -0.4 is 5.32 Å². The predicted molar refractivity (Wildman–Crippen MR) is 74.3 cm³/mol. The van der Waals surface area contributed by atoms with Crippen LogP contribution in [0.4, 0.5) is 0 Å². The zero-order valence-electron chi connectivity index (χ0n) is 12.0. The molecule has 1 aliphatic heterocycles. The van der Waals surface area contributed by atoms with Crippen molar-refractivity contribution in [3.63, 3.8) is 0 Å². The summed E-state index contributed by atoms with van der Waals surface area (Å²) in [6.45, 7) is 12.2. The highest BCUT2D eigenvalue weighted by atomic mass is 15.2. The first-order valence-corrected chi connectivity index (χ1v) is 7.55. The van der Waals surface area contributed by atoms with Gasteiger partial charge in [0.15, 0.2) is 0 Å². The lowest BCUT2D eigenvalue weighted by Crippen LogP contribution is -2.42. The van der Waals surface area contributed by atoms with Gasteiger partial charge in [-0.2, -0.15) is 0 Å². The van der Waals surface area contributed by atoms with Crippen molar-refractivity contribution in [2.24, 2.45) is 11.3 Å². The molecule has 1 N–H and O–H groups in total. The summed E-state index contributed by atoms with van der Waals surface area (Å²) < 4.78 is 0. The van der Waals surface area contributed by atoms with E-state index >= 15 is 0 Å². The van der Waals surface area contributed by atoms with Gasteiger partial charge >= 0.3 is 0 Å². The molecular formula is C15H30N2. The van der Waals surface area contributed by atoms with Gasteiger partial charge in [0.1, 0.15) is 0 Å². The summed E-state index contributed by atoms with van der Waals surface area (Å²) in [6, 6.07) is 0.858. The van der Waals surface area contributed by atoms with Gasteiger partial charge in [-0.3, -0.25) is 0 Å². The molecule has 1 heterocycles. The Hall–Kier alpha value is -0.0800. The lowest BCUT2D eigenvalue weighted by Gasteiger charge is -2.34. The van der Waals surface area contributed by atoms with E-state index in [2.05, 4.69) is 31.0 Å². The van der Waals surface area contributed by atoms with Crippen molar-refractivity contribution in [2.45, 2.75) is 58.9 Å². The van der Waals surface area contributed by atoms with Gasteiger partial charge in [0.2, 0.25) is 0 Å². The molecule has 1 saturated heterocycles. The van der Waals surface area contributed by atoms with Crippen LogP contribution in [0.25, 0.3) is 0 Å². The Bertz CT molecular complexity index is 231. The topological polar surface area (TPSA) is 15.3 Å². The minimum Gasteiger partial charge on any atom is -0.316 e. The number of hydrogen-bond donors (Lipinski definition) is 1. The van der Waals surface area contributed by atoms with E-state index < -0.39 is 0 Å². The number of nitrogens with zero attached hydrogens (tertiary/aromatic N) is 1. The molecule has 0 amide bonds. The Kier molecular flexibility index (Phi) is 4.48. The molecule has 2 rings (SSSR count). The number of hydrogen-bond acceptors (Lipinski definition) is 2. The molecular weight excluding hydrogens is 208 g/mol. The van der Waals surface area contributed by atoms with Crippen LogP contribution in [0, 0.1) is 11.3 Å². The first kappa shape index (κ1) is 13.4. The fourth-order valence-electron chi connectivity index (χ4n) is 3.66. The van der Waals surface area contributed by atoms with Gasteiger partial charge in [0.25, 0.3) is 0 Å². The van der Waals surface area contributed by atoms with E-state index in [9.17, 15) is 0 Å². The van der Waals surface area contributed by atoms with E-state index in [0.717, 1.165) is 12.0 Å². The summed E-state index contributed by atoms with van der Waals surface area (Å²) in [5, 5.41) is 3.54. The van der Waals surface area contributed by atoms with Crippen LogP contribution in [0.3, 0.4) is 0 Å². The van der Waals surface area contributed by atoms with Crippen LogP contribution in [0.15, 0.2) is 0 Å². The van der Waals surface area contributed by atoms with Crippen molar-refractivity contribution < 1.29 is 0 Å². The summed E-state index contributed by atoms with van der Waals surface area (Å²) >= 11 is 0. The fourth-order valence-corrected chi connectivity index (χ4v) is 3.66. The monoisotopic (exact) mass is 238 g/mol. The standard InChI is InChI=1S/C15H30N2/c1-4-17(12-13-6-5-9-16-11-13)14-7-8-15(2,3)10-14/h13-14,16H,4-12H2,1-3H3. The van der Waals surface area contributed by atoms with Crippen LogP contribution in [0.5, 0.6) is 0 Å². The van der Waals surface area contributed by atoms with Crippen LogP contribution >= 0.6 is 0 Å². The molecule has 0 radical (unpaired) electrons. The predicted octanol–water partition coefficient (Wildman–Crippen LogP) is 2.89. The lowest BCUT2D eigenvalue weighted by atomic mass is 9.91. The third-order valence-corrected chi connectivity index (χ3v) is 4.76. The minimum atomic E-state index is 0.586. The van der Waals surface area contributed by atoms with Gasteiger partial charge in [-0.25, -0.2) is 0 Å². The molecule has 2 unspecified atom stereocenters. The Morgan fingerprint density at radius 1 is 1.29 bits per heavy atom. The zero-order chi connectivity index (χ0) is 12.3. The van der Waals surface area contributed by atoms with Gasteiger partial charge in [-0.05, 0) is 63.1 Å². The number of piperidine rings is 1. The normalized spacial score (nSPS) is 33.2. The van der Waals surface area contributed by atoms with E-state index in [0.29, 0.717) is 5.41 Å². The molecule has 0 bridgehead atoms. The van der Waals surface area contributed by atoms with E-state index in [1.54, 1.807) is 0 Å². The van der Waals surface area contributed by atoms with Crippen LogP contribution in [0.1, 0.15) is 52.9 Å². The molecule has 2 heteroatoms. The summed E-state index contributed by atoms with van der Waals surface area (Å²) in [7, 11) is 0. The van der Waals surface area contributed by atoms with Gasteiger partial charge < -0.3 is 10.2 Å². The van der Waals surface area contributed by atoms with Crippen molar-refractivity contribution in [1.82, 2.24) is 10.2 Å². The molecule has 100 valence electrons. The second-order valence-corrected chi connectivity index (χ2v) is 6.86. The maximum absolute atomic E-state index is 3.54. The van der Waals surface area contributed by atoms with Gasteiger partial charge in [-0.1, -0.05) is 20.8 Å². The molecule has 0 aromatic heterocycles. The summed E-state index contributed by atoms with van der Waals surface area (Å²) in [6.07, 6.45) is 7.04. The van der Waals surface area contributed by atoms with Crippen molar-refractivity contribution in [2.75, 3.05) is 26.2 Å². The largest absolute Gasteiger partial charge is 0.316 e. The molecule has 0 aromatic rings. The van der Waals surface area contributed by atoms with Gasteiger partial charge in [0.05, 0.1) is 0 Å². The van der Waals surface area contributed by atoms with Crippen LogP contribution in [0.2, 0.25) is 0 Å². The zero-order valence-corrected chi connectivity index (χ0v) is 12.0. The summed E-state index contributed by atoms with van der Waals surface area (Å²) in [5.41, 5.74) is 0.586. The highest BCUT2D eigenvalue weighted by Gasteiger charge is 2.34. The molecule has 2 aliphatic rings. The lowest BCUT2D eigenvalue weighted by molar-refractivity contribution is 0.154. The quantitative estimate of drug-likeness (QED) is 0.810. The van der Waals surface area contributed by atoms with E-state index in [-0.39, 0.29) is 0 Å². The molecule has 2 nitrogen and oxygen atoms in total. The van der Waals surface area contributed by atoms with Crippen LogP contribution in [-0.2, 0) is 0 Å². The minimum absolute atomic E-state index is 0.586. The maximum atomic E-state index is 3.54. The summed E-state index contributed by atoms with van der Waals surface area (Å²) in [5.74, 6) is 0.896. The van der Waals surface area contributed by atoms with Crippen molar-refractivity contribution in [3.05, 3.63) is 0 Å². The van der Waals surface area contributed by atoms with Crippen molar-refractivity contribution in [3.8, 4) is 0 Å². The van der Waals surface area contributed by atoms with Crippen molar-refractivity contribution >= 4 is 0 Å². The van der Waals surface area contributed by atoms with Crippen LogP contribution in [-0.4, -0.2) is 37.1 Å². The number of rotatable bonds is 4. The van der Waals surface area contributed by atoms with Gasteiger partial charge in [0, 0.05) is 12.6 Å². The first-order valence-electron chi connectivity index (χ1n) is 7.55. The average Bonchev–Trinajstić information content (AvgIpc) is 2.68. The van der Waals surface area contributed by atoms with Gasteiger partial charge in [-0.15, -0.1) is 0 Å². The molecule has 0 aromatic carbocycles. The van der Waals surface area contributed by atoms with Crippen molar-refractivity contribution in [1.29, 1.82) is 0 Å². The maximum Gasteiger partial charge on any atom is 0.0100 e. The summed E-state index contributed by atoms with van der Waals surface area (Å²) in [4.78, 5) is 2.76. The molecule has 17 heavy (non-hydrogen) atoms. The Labute approximate surface area is 107 Å². The third kappa shape index (κ3) is 3.69. The molecule has 2 fully saturated rings. The average molecular weight is 238 g/mol. The second kappa shape index (κ2) is 5.71. The Morgan fingerprint density at radius 2 is 2.12 bits per heavy atom. The highest BCUT2D eigenvalue weighted by Crippen LogP contribution is 2.39. The van der Waals surface area contributed by atoms with E-state index in [1.807, 2.05) is 0 Å². The first-order chi connectivity index (χ1) is 8.11. The molecule has 0 spiro atoms. The Morgan fingerprint density at radius 3 is 2.65 bits per heavy atom. The highest BCUT2D eigenvalue weighted by molar-refractivity contribution is 4.88. The molecule has 2 atom stereocenters. The molecule has 1 aliphatic carbocycles.